The van der Waals surface area contributed by atoms with Crippen LogP contribution in [0.5, 0.6) is 0 Å². The summed E-state index contributed by atoms with van der Waals surface area (Å²) in [7, 11) is 0. The molecule has 0 saturated heterocycles. The standard InChI is InChI=1S/C14H14F3N3O2/c1-2-5-9-8-11(20-19-9)13(21)22-12(14(15,16)17)10-6-3-4-7-18-10/h3-4,6-8,12H,2,5H2,1H3,(H,19,20)/t12-/m0/s1. The third-order valence-corrected chi connectivity index (χ3v) is 2.84. The minimum Gasteiger partial charge on any atom is -0.441 e. The third kappa shape index (κ3) is 3.84. The van der Waals surface area contributed by atoms with Gasteiger partial charge >= 0.3 is 12.1 Å². The molecule has 0 fully saturated rings. The van der Waals surface area contributed by atoms with E-state index in [1.165, 1.54) is 24.4 Å². The fourth-order valence-corrected chi connectivity index (χ4v) is 1.86. The second kappa shape index (κ2) is 6.59. The van der Waals surface area contributed by atoms with Crippen molar-refractivity contribution < 1.29 is 22.7 Å². The smallest absolute Gasteiger partial charge is 0.431 e. The van der Waals surface area contributed by atoms with E-state index in [1.54, 1.807) is 0 Å². The van der Waals surface area contributed by atoms with E-state index >= 15 is 0 Å². The lowest BCUT2D eigenvalue weighted by atomic mass is 10.2. The van der Waals surface area contributed by atoms with Gasteiger partial charge in [-0.3, -0.25) is 10.1 Å². The van der Waals surface area contributed by atoms with Crippen LogP contribution in [0.4, 0.5) is 13.2 Å². The Hall–Kier alpha value is -2.38. The van der Waals surface area contributed by atoms with Crippen LogP contribution < -0.4 is 0 Å². The zero-order valence-electron chi connectivity index (χ0n) is 11.7. The maximum absolute atomic E-state index is 13.1. The first-order valence-corrected chi connectivity index (χ1v) is 6.64. The van der Waals surface area contributed by atoms with Crippen LogP contribution in [0, 0.1) is 0 Å². The number of nitrogens with one attached hydrogen (secondary N) is 1. The Bertz CT molecular complexity index is 626. The van der Waals surface area contributed by atoms with Crippen molar-refractivity contribution in [3.8, 4) is 0 Å². The summed E-state index contributed by atoms with van der Waals surface area (Å²) in [4.78, 5) is 15.5. The molecule has 2 rings (SSSR count). The van der Waals surface area contributed by atoms with Gasteiger partial charge in [0.05, 0.1) is 5.69 Å². The lowest BCUT2D eigenvalue weighted by Crippen LogP contribution is -2.27. The van der Waals surface area contributed by atoms with Crippen LogP contribution in [0.2, 0.25) is 0 Å². The number of carbonyl (C=O) groups is 1. The lowest BCUT2D eigenvalue weighted by Gasteiger charge is -2.19. The van der Waals surface area contributed by atoms with Crippen molar-refractivity contribution in [3.63, 3.8) is 0 Å². The molecule has 22 heavy (non-hydrogen) atoms. The first-order chi connectivity index (χ1) is 10.4. The highest BCUT2D eigenvalue weighted by Gasteiger charge is 2.45. The number of H-pyrrole nitrogens is 1. The predicted molar refractivity (Wildman–Crippen MR) is 71.0 cm³/mol. The molecule has 8 heteroatoms. The monoisotopic (exact) mass is 313 g/mol. The number of esters is 1. The largest absolute Gasteiger partial charge is 0.441 e. The molecule has 0 aliphatic carbocycles. The van der Waals surface area contributed by atoms with Crippen molar-refractivity contribution in [1.82, 2.24) is 15.2 Å². The Balaban J connectivity index is 2.18. The molecule has 2 aromatic heterocycles. The molecule has 0 spiro atoms. The van der Waals surface area contributed by atoms with Crippen LogP contribution in [-0.2, 0) is 11.2 Å². The molecule has 0 unspecified atom stereocenters. The van der Waals surface area contributed by atoms with Crippen molar-refractivity contribution in [2.45, 2.75) is 32.0 Å². The number of aryl methyl sites for hydroxylation is 1. The molecular weight excluding hydrogens is 299 g/mol. The van der Waals surface area contributed by atoms with Gasteiger partial charge in [-0.15, -0.1) is 0 Å². The van der Waals surface area contributed by atoms with Crippen LogP contribution in [0.15, 0.2) is 30.5 Å². The number of nitrogens with zero attached hydrogens (tertiary/aromatic N) is 2. The topological polar surface area (TPSA) is 67.9 Å². The van der Waals surface area contributed by atoms with Gasteiger partial charge in [0, 0.05) is 11.9 Å². The summed E-state index contributed by atoms with van der Waals surface area (Å²) in [6, 6.07) is 5.41. The van der Waals surface area contributed by atoms with Crippen LogP contribution in [0.3, 0.4) is 0 Å². The molecule has 5 nitrogen and oxygen atoms in total. The van der Waals surface area contributed by atoms with E-state index in [-0.39, 0.29) is 11.4 Å². The molecule has 1 atom stereocenters. The lowest BCUT2D eigenvalue weighted by molar-refractivity contribution is -0.208. The summed E-state index contributed by atoms with van der Waals surface area (Å²) in [6.07, 6.45) is -4.52. The average molecular weight is 313 g/mol. The molecule has 1 N–H and O–H groups in total. The molecule has 0 aromatic carbocycles. The number of pyridine rings is 1. The normalized spacial score (nSPS) is 12.9. The highest BCUT2D eigenvalue weighted by Crippen LogP contribution is 2.35. The minimum atomic E-state index is -4.76. The van der Waals surface area contributed by atoms with Gasteiger partial charge < -0.3 is 4.74 Å². The highest BCUT2D eigenvalue weighted by molar-refractivity contribution is 5.87. The summed E-state index contributed by atoms with van der Waals surface area (Å²) in [5, 5.41) is 6.27. The summed E-state index contributed by atoms with van der Waals surface area (Å²) in [5.74, 6) is -1.15. The van der Waals surface area contributed by atoms with E-state index in [0.717, 1.165) is 12.5 Å². The highest BCUT2D eigenvalue weighted by atomic mass is 19.4. The van der Waals surface area contributed by atoms with Crippen molar-refractivity contribution in [1.29, 1.82) is 0 Å². The second-order valence-electron chi connectivity index (χ2n) is 4.61. The van der Waals surface area contributed by atoms with Crippen molar-refractivity contribution in [2.75, 3.05) is 0 Å². The zero-order valence-corrected chi connectivity index (χ0v) is 11.7. The maximum atomic E-state index is 13.1. The molecule has 0 saturated carbocycles. The fraction of sp³-hybridized carbons (Fsp3) is 0.357. The van der Waals surface area contributed by atoms with Gasteiger partial charge in [0.1, 0.15) is 0 Å². The number of ether oxygens (including phenoxy) is 1. The van der Waals surface area contributed by atoms with Gasteiger partial charge in [-0.1, -0.05) is 19.4 Å². The van der Waals surface area contributed by atoms with E-state index in [2.05, 4.69) is 19.9 Å². The molecule has 0 aliphatic heterocycles. The van der Waals surface area contributed by atoms with E-state index < -0.39 is 18.2 Å². The van der Waals surface area contributed by atoms with E-state index in [0.29, 0.717) is 12.1 Å². The number of carbonyl (C=O) groups excluding carboxylic acids is 1. The second-order valence-corrected chi connectivity index (χ2v) is 4.61. The number of aromatic amines is 1. The summed E-state index contributed by atoms with van der Waals surface area (Å²) in [6.45, 7) is 1.93. The molecule has 2 heterocycles. The van der Waals surface area contributed by atoms with Gasteiger partial charge in [0.15, 0.2) is 5.69 Å². The molecule has 0 bridgehead atoms. The number of alkyl halides is 3. The summed E-state index contributed by atoms with van der Waals surface area (Å²) in [5.41, 5.74) is 0.0946. The number of rotatable bonds is 5. The van der Waals surface area contributed by atoms with E-state index in [9.17, 15) is 18.0 Å². The van der Waals surface area contributed by atoms with Gasteiger partial charge in [-0.2, -0.15) is 18.3 Å². The number of aromatic nitrogens is 3. The van der Waals surface area contributed by atoms with Crippen molar-refractivity contribution >= 4 is 5.97 Å². The predicted octanol–water partition coefficient (Wildman–Crippen LogP) is 3.22. The Morgan fingerprint density at radius 3 is 2.77 bits per heavy atom. The van der Waals surface area contributed by atoms with Crippen molar-refractivity contribution in [3.05, 3.63) is 47.5 Å². The third-order valence-electron chi connectivity index (χ3n) is 2.84. The summed E-state index contributed by atoms with van der Waals surface area (Å²) < 4.78 is 43.8. The Morgan fingerprint density at radius 1 is 1.41 bits per heavy atom. The van der Waals surface area contributed by atoms with Gasteiger partial charge in [-0.05, 0) is 24.6 Å². The molecular formula is C14H14F3N3O2. The fourth-order valence-electron chi connectivity index (χ4n) is 1.86. The Kier molecular flexibility index (Phi) is 4.79. The molecule has 0 amide bonds. The van der Waals surface area contributed by atoms with Crippen LogP contribution in [0.1, 0.15) is 41.3 Å². The van der Waals surface area contributed by atoms with E-state index in [1.807, 2.05) is 6.92 Å². The first kappa shape index (κ1) is 16.0. The molecule has 0 aliphatic rings. The Morgan fingerprint density at radius 2 is 2.18 bits per heavy atom. The van der Waals surface area contributed by atoms with Gasteiger partial charge in [0.2, 0.25) is 6.10 Å². The molecule has 0 radical (unpaired) electrons. The van der Waals surface area contributed by atoms with E-state index in [4.69, 9.17) is 0 Å². The quantitative estimate of drug-likeness (QED) is 0.861. The minimum absolute atomic E-state index is 0.186. The molecule has 118 valence electrons. The van der Waals surface area contributed by atoms with Crippen LogP contribution in [-0.4, -0.2) is 27.3 Å². The van der Waals surface area contributed by atoms with Gasteiger partial charge in [0.25, 0.3) is 0 Å². The van der Waals surface area contributed by atoms with Crippen LogP contribution in [0.25, 0.3) is 0 Å². The maximum Gasteiger partial charge on any atom is 0.431 e. The number of hydrogen-bond donors (Lipinski definition) is 1. The molecule has 2 aromatic rings. The Labute approximate surface area is 124 Å². The number of halogens is 3. The van der Waals surface area contributed by atoms with Crippen molar-refractivity contribution in [2.24, 2.45) is 0 Å². The average Bonchev–Trinajstić information content (AvgIpc) is 2.93. The SMILES string of the molecule is CCCc1cc(C(=O)O[C@@H](c2ccccn2)C(F)(F)F)n[nH]1. The number of hydrogen-bond acceptors (Lipinski definition) is 4. The summed E-state index contributed by atoms with van der Waals surface area (Å²) >= 11 is 0. The zero-order chi connectivity index (χ0) is 16.2. The van der Waals surface area contributed by atoms with Gasteiger partial charge in [-0.25, -0.2) is 4.79 Å². The first-order valence-electron chi connectivity index (χ1n) is 6.64. The van der Waals surface area contributed by atoms with Crippen LogP contribution >= 0.6 is 0 Å².